The average Bonchev–Trinajstić information content (AvgIpc) is 1.95. The van der Waals surface area contributed by atoms with Gasteiger partial charge in [-0.25, -0.2) is 0 Å². The van der Waals surface area contributed by atoms with Crippen LogP contribution in [0.5, 0.6) is 0 Å². The van der Waals surface area contributed by atoms with E-state index in [2.05, 4.69) is 11.4 Å². The first-order valence-corrected chi connectivity index (χ1v) is 5.74. The highest BCUT2D eigenvalue weighted by Gasteiger charge is 2.33. The summed E-state index contributed by atoms with van der Waals surface area (Å²) in [5.74, 6) is 0.260. The molecule has 3 N–H and O–H groups in total. The summed E-state index contributed by atoms with van der Waals surface area (Å²) in [6.07, 6.45) is 3.19. The highest BCUT2D eigenvalue weighted by molar-refractivity contribution is 7.53. The van der Waals surface area contributed by atoms with Gasteiger partial charge in [0.15, 0.2) is 0 Å². The normalized spacial score (nSPS) is 14.8. The summed E-state index contributed by atoms with van der Waals surface area (Å²) >= 11 is 0. The van der Waals surface area contributed by atoms with Crippen LogP contribution in [-0.4, -0.2) is 21.3 Å². The molecule has 0 aromatic carbocycles. The summed E-state index contributed by atoms with van der Waals surface area (Å²) < 4.78 is 4.47. The van der Waals surface area contributed by atoms with Gasteiger partial charge in [0, 0.05) is 0 Å². The summed E-state index contributed by atoms with van der Waals surface area (Å²) in [6.45, 7) is 4.25. The zero-order chi connectivity index (χ0) is 9.61. The van der Waals surface area contributed by atoms with Crippen LogP contribution >= 0.6 is 8.17 Å². The van der Waals surface area contributed by atoms with Gasteiger partial charge in [0.2, 0.25) is 0 Å². The van der Waals surface area contributed by atoms with Gasteiger partial charge in [-0.15, -0.1) is 0 Å². The topological polar surface area (TPSA) is 69.9 Å². The molecule has 0 aromatic heterocycles. The van der Waals surface area contributed by atoms with Crippen molar-refractivity contribution in [1.82, 2.24) is 0 Å². The minimum Gasteiger partial charge on any atom is -0.168 e. The zero-order valence-corrected chi connectivity index (χ0v) is 8.50. The third-order valence-electron chi connectivity index (χ3n) is 1.58. The lowest BCUT2D eigenvalue weighted by molar-refractivity contribution is 0.138. The standard InChI is InChI=1S/C7H18O4P/c1-3-4-5-7(2)6-11-12(8,9)10/h7-10H,3-6H2,1-2H3/q+1/t7-/m0/s1. The second kappa shape index (κ2) is 5.84. The van der Waals surface area contributed by atoms with Crippen molar-refractivity contribution in [3.05, 3.63) is 0 Å². The molecule has 0 radical (unpaired) electrons. The van der Waals surface area contributed by atoms with Gasteiger partial charge in [0.1, 0.15) is 6.61 Å². The predicted octanol–water partition coefficient (Wildman–Crippen LogP) is 1.48. The van der Waals surface area contributed by atoms with Gasteiger partial charge in [-0.1, -0.05) is 26.7 Å². The SMILES string of the molecule is CCCC[C@H](C)CO[P+](O)(O)O. The molecular weight excluding hydrogens is 179 g/mol. The smallest absolute Gasteiger partial charge is 0.168 e. The molecule has 5 heteroatoms. The van der Waals surface area contributed by atoms with E-state index in [1.165, 1.54) is 0 Å². The highest BCUT2D eigenvalue weighted by atomic mass is 31.2. The highest BCUT2D eigenvalue weighted by Crippen LogP contribution is 2.46. The summed E-state index contributed by atoms with van der Waals surface area (Å²) in [4.78, 5) is 25.5. The first-order valence-electron chi connectivity index (χ1n) is 4.17. The van der Waals surface area contributed by atoms with E-state index in [4.69, 9.17) is 14.7 Å². The molecule has 0 bridgehead atoms. The van der Waals surface area contributed by atoms with Crippen LogP contribution in [-0.2, 0) is 4.52 Å². The molecule has 0 saturated carbocycles. The lowest BCUT2D eigenvalue weighted by Crippen LogP contribution is -2.06. The first kappa shape index (κ1) is 12.3. The quantitative estimate of drug-likeness (QED) is 0.564. The Morgan fingerprint density at radius 3 is 2.33 bits per heavy atom. The van der Waals surface area contributed by atoms with E-state index in [9.17, 15) is 0 Å². The van der Waals surface area contributed by atoms with Crippen LogP contribution in [0.25, 0.3) is 0 Å². The average molecular weight is 197 g/mol. The van der Waals surface area contributed by atoms with Gasteiger partial charge in [0.25, 0.3) is 0 Å². The largest absolute Gasteiger partial charge is 0.567 e. The number of unbranched alkanes of at least 4 members (excludes halogenated alkanes) is 1. The van der Waals surface area contributed by atoms with Crippen LogP contribution in [0.1, 0.15) is 33.1 Å². The molecule has 0 aliphatic carbocycles. The van der Waals surface area contributed by atoms with Crippen molar-refractivity contribution in [2.24, 2.45) is 5.92 Å². The zero-order valence-electron chi connectivity index (χ0n) is 7.60. The Morgan fingerprint density at radius 1 is 1.33 bits per heavy atom. The predicted molar refractivity (Wildman–Crippen MR) is 48.2 cm³/mol. The van der Waals surface area contributed by atoms with Crippen molar-refractivity contribution in [2.75, 3.05) is 6.61 Å². The molecule has 0 saturated heterocycles. The van der Waals surface area contributed by atoms with E-state index >= 15 is 0 Å². The number of hydrogen-bond acceptors (Lipinski definition) is 4. The molecule has 12 heavy (non-hydrogen) atoms. The van der Waals surface area contributed by atoms with Crippen molar-refractivity contribution in [3.63, 3.8) is 0 Å². The minimum atomic E-state index is -4.00. The number of hydrogen-bond donors (Lipinski definition) is 3. The van der Waals surface area contributed by atoms with Crippen molar-refractivity contribution < 1.29 is 19.2 Å². The van der Waals surface area contributed by atoms with Gasteiger partial charge in [-0.3, -0.25) is 0 Å². The van der Waals surface area contributed by atoms with Crippen molar-refractivity contribution >= 4 is 8.17 Å². The molecule has 0 heterocycles. The fourth-order valence-corrected chi connectivity index (χ4v) is 1.32. The summed E-state index contributed by atoms with van der Waals surface area (Å²) in [7, 11) is -4.00. The maximum atomic E-state index is 8.49. The maximum Gasteiger partial charge on any atom is 0.567 e. The van der Waals surface area contributed by atoms with Gasteiger partial charge >= 0.3 is 8.17 Å². The summed E-state index contributed by atoms with van der Waals surface area (Å²) in [5, 5.41) is 0. The Bertz CT molecular complexity index is 112. The van der Waals surface area contributed by atoms with Crippen molar-refractivity contribution in [3.8, 4) is 0 Å². The van der Waals surface area contributed by atoms with Gasteiger partial charge < -0.3 is 0 Å². The van der Waals surface area contributed by atoms with E-state index in [0.29, 0.717) is 0 Å². The lowest BCUT2D eigenvalue weighted by Gasteiger charge is -2.09. The first-order chi connectivity index (χ1) is 5.45. The molecule has 0 rings (SSSR count). The van der Waals surface area contributed by atoms with Crippen LogP contribution < -0.4 is 0 Å². The Morgan fingerprint density at radius 2 is 1.92 bits per heavy atom. The molecule has 74 valence electrons. The van der Waals surface area contributed by atoms with Crippen molar-refractivity contribution in [1.29, 1.82) is 0 Å². The molecule has 0 amide bonds. The van der Waals surface area contributed by atoms with Gasteiger partial charge in [0.05, 0.1) is 0 Å². The van der Waals surface area contributed by atoms with E-state index in [-0.39, 0.29) is 12.5 Å². The lowest BCUT2D eigenvalue weighted by atomic mass is 10.1. The second-order valence-electron chi connectivity index (χ2n) is 3.06. The second-order valence-corrected chi connectivity index (χ2v) is 4.34. The van der Waals surface area contributed by atoms with Gasteiger partial charge in [-0.2, -0.15) is 19.2 Å². The fraction of sp³-hybridized carbons (Fsp3) is 1.00. The Hall–Kier alpha value is 0.270. The molecule has 0 unspecified atom stereocenters. The monoisotopic (exact) mass is 197 g/mol. The summed E-state index contributed by atoms with van der Waals surface area (Å²) in [6, 6.07) is 0. The molecule has 0 aromatic rings. The fourth-order valence-electron chi connectivity index (χ4n) is 0.863. The van der Waals surface area contributed by atoms with E-state index < -0.39 is 8.17 Å². The van der Waals surface area contributed by atoms with Gasteiger partial charge in [-0.05, 0) is 12.3 Å². The molecule has 0 spiro atoms. The Labute approximate surface area is 73.9 Å². The van der Waals surface area contributed by atoms with E-state index in [1.807, 2.05) is 6.92 Å². The third kappa shape index (κ3) is 8.37. The van der Waals surface area contributed by atoms with Crippen LogP contribution in [0.4, 0.5) is 0 Å². The van der Waals surface area contributed by atoms with Crippen LogP contribution in [0.3, 0.4) is 0 Å². The van der Waals surface area contributed by atoms with Crippen LogP contribution in [0.2, 0.25) is 0 Å². The Kier molecular flexibility index (Phi) is 5.97. The van der Waals surface area contributed by atoms with E-state index in [0.717, 1.165) is 19.3 Å². The molecule has 0 aliphatic heterocycles. The molecule has 1 atom stereocenters. The molecule has 4 nitrogen and oxygen atoms in total. The maximum absolute atomic E-state index is 8.49. The minimum absolute atomic E-state index is 0.206. The van der Waals surface area contributed by atoms with Crippen LogP contribution in [0.15, 0.2) is 0 Å². The van der Waals surface area contributed by atoms with Crippen LogP contribution in [0, 0.1) is 5.92 Å². The van der Waals surface area contributed by atoms with E-state index in [1.54, 1.807) is 0 Å². The molecular formula is C7H18O4P+. The summed E-state index contributed by atoms with van der Waals surface area (Å²) in [5.41, 5.74) is 0. The third-order valence-corrected chi connectivity index (χ3v) is 2.08. The Balaban J connectivity index is 3.37. The molecule has 0 aliphatic rings. The number of rotatable bonds is 6. The molecule has 0 fully saturated rings. The van der Waals surface area contributed by atoms with Crippen molar-refractivity contribution in [2.45, 2.75) is 33.1 Å².